The zero-order valence-electron chi connectivity index (χ0n) is 17.1. The van der Waals surface area contributed by atoms with Gasteiger partial charge in [0.2, 0.25) is 0 Å². The molecule has 0 saturated heterocycles. The lowest BCUT2D eigenvalue weighted by Crippen LogP contribution is -2.39. The molecule has 3 aromatic carbocycles. The van der Waals surface area contributed by atoms with Crippen LogP contribution in [0.4, 0.5) is 5.69 Å². The Hall–Kier alpha value is -3.12. The number of fused-ring (bicyclic) bond motifs is 1. The predicted molar refractivity (Wildman–Crippen MR) is 122 cm³/mol. The van der Waals surface area contributed by atoms with Crippen molar-refractivity contribution in [3.05, 3.63) is 105 Å². The summed E-state index contributed by atoms with van der Waals surface area (Å²) in [7, 11) is 0. The molecule has 0 fully saturated rings. The Labute approximate surface area is 185 Å². The van der Waals surface area contributed by atoms with Crippen LogP contribution < -0.4 is 5.32 Å². The lowest BCUT2D eigenvalue weighted by atomic mass is 9.59. The molecule has 0 aliphatic heterocycles. The van der Waals surface area contributed by atoms with E-state index in [9.17, 15) is 14.9 Å². The second kappa shape index (κ2) is 7.85. The van der Waals surface area contributed by atoms with Crippen molar-refractivity contribution in [1.29, 1.82) is 0 Å². The molecule has 0 saturated carbocycles. The first-order chi connectivity index (χ1) is 15.1. The van der Waals surface area contributed by atoms with Crippen LogP contribution in [-0.4, -0.2) is 23.6 Å². The van der Waals surface area contributed by atoms with Crippen molar-refractivity contribution >= 4 is 23.4 Å². The molecule has 156 valence electrons. The van der Waals surface area contributed by atoms with Crippen molar-refractivity contribution in [3.63, 3.8) is 0 Å². The lowest BCUT2D eigenvalue weighted by molar-refractivity contribution is -0.385. The molecule has 6 heteroatoms. The highest BCUT2D eigenvalue weighted by Gasteiger charge is 2.43. The number of thioether (sulfide) groups is 1. The minimum absolute atomic E-state index is 0.124. The normalized spacial score (nSPS) is 20.6. The van der Waals surface area contributed by atoms with Crippen LogP contribution in [0.2, 0.25) is 0 Å². The summed E-state index contributed by atoms with van der Waals surface area (Å²) in [5.41, 5.74) is 5.42. The predicted octanol–water partition coefficient (Wildman–Crippen LogP) is 5.34. The fourth-order valence-corrected chi connectivity index (χ4v) is 5.70. The summed E-state index contributed by atoms with van der Waals surface area (Å²) < 4.78 is 0. The van der Waals surface area contributed by atoms with Gasteiger partial charge < -0.3 is 5.32 Å². The van der Waals surface area contributed by atoms with Crippen molar-refractivity contribution in [3.8, 4) is 0 Å². The van der Waals surface area contributed by atoms with Crippen molar-refractivity contribution in [2.75, 3.05) is 12.8 Å². The molecule has 2 bridgehead atoms. The minimum Gasteiger partial charge on any atom is -0.352 e. The van der Waals surface area contributed by atoms with Crippen LogP contribution in [0.3, 0.4) is 0 Å². The first-order valence-corrected chi connectivity index (χ1v) is 11.6. The molecule has 0 aromatic heterocycles. The Morgan fingerprint density at radius 3 is 2.23 bits per heavy atom. The maximum atomic E-state index is 13.0. The van der Waals surface area contributed by atoms with Crippen LogP contribution in [-0.2, 0) is 0 Å². The summed E-state index contributed by atoms with van der Waals surface area (Å²) in [5.74, 6) is 0.422. The van der Waals surface area contributed by atoms with E-state index in [1.165, 1.54) is 40.1 Å². The molecule has 1 N–H and O–H groups in total. The summed E-state index contributed by atoms with van der Waals surface area (Å²) in [6.45, 7) is 0.489. The smallest absolute Gasteiger partial charge is 0.282 e. The van der Waals surface area contributed by atoms with Gasteiger partial charge in [0.15, 0.2) is 0 Å². The molecule has 0 heterocycles. The number of hydrogen-bond acceptors (Lipinski definition) is 4. The Morgan fingerprint density at radius 1 is 1.03 bits per heavy atom. The maximum Gasteiger partial charge on any atom is 0.282 e. The number of hydrogen-bond donors (Lipinski definition) is 1. The van der Waals surface area contributed by atoms with Gasteiger partial charge in [-0.3, -0.25) is 14.9 Å². The second-order valence-electron chi connectivity index (χ2n) is 8.13. The Kier molecular flexibility index (Phi) is 5.02. The number of benzene rings is 3. The Bertz CT molecular complexity index is 1150. The molecule has 1 unspecified atom stereocenters. The fourth-order valence-electron chi connectivity index (χ4n) is 5.26. The van der Waals surface area contributed by atoms with Crippen molar-refractivity contribution in [1.82, 2.24) is 5.32 Å². The highest BCUT2D eigenvalue weighted by molar-refractivity contribution is 7.98. The van der Waals surface area contributed by atoms with E-state index in [2.05, 4.69) is 53.8 Å². The first kappa shape index (κ1) is 19.8. The van der Waals surface area contributed by atoms with Gasteiger partial charge in [0.25, 0.3) is 11.6 Å². The van der Waals surface area contributed by atoms with Crippen LogP contribution in [0.1, 0.15) is 50.9 Å². The topological polar surface area (TPSA) is 72.2 Å². The van der Waals surface area contributed by atoms with Crippen molar-refractivity contribution in [2.24, 2.45) is 5.92 Å². The van der Waals surface area contributed by atoms with Gasteiger partial charge >= 0.3 is 0 Å². The van der Waals surface area contributed by atoms with E-state index in [-0.39, 0.29) is 29.0 Å². The van der Waals surface area contributed by atoms with Crippen LogP contribution in [0.25, 0.3) is 0 Å². The molecule has 31 heavy (non-hydrogen) atoms. The molecule has 1 atom stereocenters. The molecule has 3 aromatic rings. The Balaban J connectivity index is 1.43. The van der Waals surface area contributed by atoms with Crippen molar-refractivity contribution < 1.29 is 9.72 Å². The fraction of sp³-hybridized carbons (Fsp3) is 0.240. The van der Waals surface area contributed by atoms with Gasteiger partial charge in [0.05, 0.1) is 4.92 Å². The van der Waals surface area contributed by atoms with Gasteiger partial charge in [0.1, 0.15) is 5.56 Å². The van der Waals surface area contributed by atoms with Gasteiger partial charge in [-0.15, -0.1) is 11.8 Å². The quantitative estimate of drug-likeness (QED) is 0.337. The van der Waals surface area contributed by atoms with E-state index in [0.29, 0.717) is 12.5 Å². The van der Waals surface area contributed by atoms with Gasteiger partial charge in [-0.05, 0) is 53.0 Å². The average Bonchev–Trinajstić information content (AvgIpc) is 2.82. The van der Waals surface area contributed by atoms with Crippen LogP contribution >= 0.6 is 11.8 Å². The van der Waals surface area contributed by atoms with Gasteiger partial charge in [-0.25, -0.2) is 0 Å². The summed E-state index contributed by atoms with van der Waals surface area (Å²) in [6, 6.07) is 21.9. The second-order valence-corrected chi connectivity index (χ2v) is 9.01. The van der Waals surface area contributed by atoms with Crippen LogP contribution in [0.15, 0.2) is 71.6 Å². The molecular formula is C25H22N2O3S. The van der Waals surface area contributed by atoms with Gasteiger partial charge in [-0.1, -0.05) is 48.5 Å². The Morgan fingerprint density at radius 2 is 1.65 bits per heavy atom. The molecule has 0 spiro atoms. The number of nitrogens with one attached hydrogen (secondary N) is 1. The number of carbonyl (C=O) groups is 1. The maximum absolute atomic E-state index is 13.0. The highest BCUT2D eigenvalue weighted by Crippen LogP contribution is 2.55. The number of nitro benzene ring substituents is 1. The van der Waals surface area contributed by atoms with E-state index in [1.54, 1.807) is 12.1 Å². The van der Waals surface area contributed by atoms with E-state index in [4.69, 9.17) is 0 Å². The molecular weight excluding hydrogens is 408 g/mol. The number of carbonyl (C=O) groups excluding carboxylic acids is 1. The third kappa shape index (κ3) is 3.31. The zero-order chi connectivity index (χ0) is 21.5. The lowest BCUT2D eigenvalue weighted by Gasteiger charge is -2.45. The standard InChI is InChI=1S/C25H22N2O3S/c1-31-16-10-11-23(27(29)30)22(13-16)25(28)26-14-15-12-21-17-6-2-4-8-19(17)24(15)20-9-5-3-7-18(20)21/h2-11,13,15,21,24H,12,14H2,1H3,(H,26,28). The van der Waals surface area contributed by atoms with E-state index in [1.807, 2.05) is 6.26 Å². The summed E-state index contributed by atoms with van der Waals surface area (Å²) >= 11 is 1.46. The van der Waals surface area contributed by atoms with Crippen LogP contribution in [0, 0.1) is 16.0 Å². The third-order valence-electron chi connectivity index (χ3n) is 6.59. The van der Waals surface area contributed by atoms with E-state index < -0.39 is 4.92 Å². The van der Waals surface area contributed by atoms with E-state index >= 15 is 0 Å². The van der Waals surface area contributed by atoms with Crippen LogP contribution in [0.5, 0.6) is 0 Å². The van der Waals surface area contributed by atoms with Gasteiger partial charge in [0, 0.05) is 29.3 Å². The first-order valence-electron chi connectivity index (χ1n) is 10.4. The molecule has 0 radical (unpaired) electrons. The zero-order valence-corrected chi connectivity index (χ0v) is 17.9. The molecule has 3 aliphatic rings. The number of amides is 1. The molecule has 5 nitrogen and oxygen atoms in total. The van der Waals surface area contributed by atoms with Crippen molar-refractivity contribution in [2.45, 2.75) is 23.2 Å². The summed E-state index contributed by atoms with van der Waals surface area (Å²) in [5, 5.41) is 14.4. The largest absolute Gasteiger partial charge is 0.352 e. The summed E-state index contributed by atoms with van der Waals surface area (Å²) in [6.07, 6.45) is 2.85. The number of nitrogens with zero attached hydrogens (tertiary/aromatic N) is 1. The number of nitro groups is 1. The third-order valence-corrected chi connectivity index (χ3v) is 7.32. The van der Waals surface area contributed by atoms with Gasteiger partial charge in [-0.2, -0.15) is 0 Å². The summed E-state index contributed by atoms with van der Waals surface area (Å²) in [4.78, 5) is 24.7. The monoisotopic (exact) mass is 430 g/mol. The SMILES string of the molecule is CSc1ccc([N+](=O)[O-])c(C(=O)NCC2CC3c4ccccc4C2c2ccccc23)c1. The minimum atomic E-state index is -0.492. The molecule has 6 rings (SSSR count). The highest BCUT2D eigenvalue weighted by atomic mass is 32.2. The molecule has 1 amide bonds. The average molecular weight is 431 g/mol. The van der Waals surface area contributed by atoms with E-state index in [0.717, 1.165) is 11.3 Å². The number of rotatable bonds is 5. The molecule has 3 aliphatic carbocycles.